The predicted octanol–water partition coefficient (Wildman–Crippen LogP) is 2.40. The van der Waals surface area contributed by atoms with Gasteiger partial charge >= 0.3 is 0 Å². The third-order valence-corrected chi connectivity index (χ3v) is 5.22. The van der Waals surface area contributed by atoms with Crippen molar-refractivity contribution < 1.29 is 0 Å². The zero-order chi connectivity index (χ0) is 11.1. The monoisotopic (exact) mass is 237 g/mol. The normalized spacial score (nSPS) is 30.8. The Morgan fingerprint density at radius 2 is 2.12 bits per heavy atom. The minimum atomic E-state index is 0.119. The molecule has 1 aliphatic heterocycles. The first kappa shape index (κ1) is 10.5. The average Bonchev–Trinajstić information content (AvgIpc) is 2.91. The fraction of sp³-hybridized carbons (Fsp3) is 0.750. The van der Waals surface area contributed by atoms with Gasteiger partial charge in [-0.15, -0.1) is 11.3 Å². The molecule has 3 unspecified atom stereocenters. The van der Waals surface area contributed by atoms with Crippen molar-refractivity contribution in [2.75, 3.05) is 18.0 Å². The van der Waals surface area contributed by atoms with Gasteiger partial charge in [-0.2, -0.15) is 0 Å². The van der Waals surface area contributed by atoms with Crippen LogP contribution < -0.4 is 10.6 Å². The molecule has 4 heteroatoms. The lowest BCUT2D eigenvalue weighted by molar-refractivity contribution is 0.494. The summed E-state index contributed by atoms with van der Waals surface area (Å²) in [7, 11) is 0. The zero-order valence-corrected chi connectivity index (χ0v) is 10.5. The largest absolute Gasteiger partial charge is 0.348 e. The Morgan fingerprint density at radius 3 is 2.69 bits per heavy atom. The molecular formula is C12H19N3S. The van der Waals surface area contributed by atoms with Crippen LogP contribution >= 0.6 is 11.3 Å². The van der Waals surface area contributed by atoms with Crippen LogP contribution in [0.5, 0.6) is 0 Å². The van der Waals surface area contributed by atoms with Crippen molar-refractivity contribution >= 4 is 16.5 Å². The first-order valence-electron chi connectivity index (χ1n) is 6.20. The molecule has 0 amide bonds. The van der Waals surface area contributed by atoms with E-state index in [1.165, 1.54) is 42.4 Å². The van der Waals surface area contributed by atoms with Gasteiger partial charge in [0.25, 0.3) is 0 Å². The maximum absolute atomic E-state index is 5.87. The summed E-state index contributed by atoms with van der Waals surface area (Å²) in [5.74, 6) is 1.87. The Kier molecular flexibility index (Phi) is 2.64. The molecule has 2 heterocycles. The second-order valence-corrected chi connectivity index (χ2v) is 6.23. The summed E-state index contributed by atoms with van der Waals surface area (Å²) in [5, 5.41) is 1.18. The number of thiazole rings is 1. The topological polar surface area (TPSA) is 42.1 Å². The molecule has 0 bridgehead atoms. The third kappa shape index (κ3) is 1.74. The molecule has 3 nitrogen and oxygen atoms in total. The van der Waals surface area contributed by atoms with Gasteiger partial charge in [-0.25, -0.2) is 4.98 Å². The Hall–Kier alpha value is -0.610. The Labute approximate surface area is 101 Å². The average molecular weight is 237 g/mol. The fourth-order valence-electron chi connectivity index (χ4n) is 3.02. The van der Waals surface area contributed by atoms with Crippen molar-refractivity contribution in [2.45, 2.75) is 32.2 Å². The van der Waals surface area contributed by atoms with Crippen LogP contribution in [0.2, 0.25) is 0 Å². The number of hydrogen-bond donors (Lipinski definition) is 1. The molecule has 2 N–H and O–H groups in total. The smallest absolute Gasteiger partial charge is 0.185 e. The van der Waals surface area contributed by atoms with Crippen LogP contribution in [0.25, 0.3) is 0 Å². The number of hydrogen-bond acceptors (Lipinski definition) is 4. The molecular weight excluding hydrogens is 218 g/mol. The van der Waals surface area contributed by atoms with Crippen molar-refractivity contribution in [3.8, 4) is 0 Å². The minimum absolute atomic E-state index is 0.119. The molecule has 0 spiro atoms. The lowest BCUT2D eigenvalue weighted by Crippen LogP contribution is -2.20. The van der Waals surface area contributed by atoms with E-state index in [4.69, 9.17) is 5.73 Å². The second kappa shape index (κ2) is 4.00. The summed E-state index contributed by atoms with van der Waals surface area (Å²) >= 11 is 1.77. The Morgan fingerprint density at radius 1 is 1.44 bits per heavy atom. The minimum Gasteiger partial charge on any atom is -0.348 e. The molecule has 1 saturated carbocycles. The van der Waals surface area contributed by atoms with Crippen LogP contribution in [0.15, 0.2) is 6.20 Å². The maximum atomic E-state index is 5.87. The van der Waals surface area contributed by atoms with Crippen molar-refractivity contribution in [1.29, 1.82) is 0 Å². The Balaban J connectivity index is 1.73. The number of nitrogens with two attached hydrogens (primary N) is 1. The van der Waals surface area contributed by atoms with Crippen molar-refractivity contribution in [2.24, 2.45) is 17.6 Å². The number of nitrogens with zero attached hydrogens (tertiary/aromatic N) is 2. The van der Waals surface area contributed by atoms with E-state index in [1.54, 1.807) is 11.3 Å². The molecule has 1 aromatic rings. The van der Waals surface area contributed by atoms with Crippen molar-refractivity contribution in [3.05, 3.63) is 11.1 Å². The highest BCUT2D eigenvalue weighted by Crippen LogP contribution is 2.40. The van der Waals surface area contributed by atoms with E-state index in [9.17, 15) is 0 Å². The first-order valence-corrected chi connectivity index (χ1v) is 7.02. The lowest BCUT2D eigenvalue weighted by Gasteiger charge is -2.15. The zero-order valence-electron chi connectivity index (χ0n) is 9.72. The molecule has 1 aromatic heterocycles. The van der Waals surface area contributed by atoms with Crippen LogP contribution in [0, 0.1) is 11.8 Å². The molecule has 16 heavy (non-hydrogen) atoms. The number of fused-ring (bicyclic) bond motifs is 1. The molecule has 1 saturated heterocycles. The molecule has 1 aliphatic carbocycles. The van der Waals surface area contributed by atoms with Crippen LogP contribution in [0.1, 0.15) is 37.1 Å². The summed E-state index contributed by atoms with van der Waals surface area (Å²) in [6, 6.07) is 0.119. The summed E-state index contributed by atoms with van der Waals surface area (Å²) in [6.07, 6.45) is 6.23. The molecule has 0 radical (unpaired) electrons. The SMILES string of the molecule is CC(N)c1cnc(N2CC3CCCC3C2)s1. The predicted molar refractivity (Wildman–Crippen MR) is 67.8 cm³/mol. The van der Waals surface area contributed by atoms with E-state index in [0.717, 1.165) is 11.8 Å². The lowest BCUT2D eigenvalue weighted by atomic mass is 10.0. The highest BCUT2D eigenvalue weighted by molar-refractivity contribution is 7.15. The van der Waals surface area contributed by atoms with Gasteiger partial charge in [-0.1, -0.05) is 6.42 Å². The molecule has 2 fully saturated rings. The highest BCUT2D eigenvalue weighted by atomic mass is 32.1. The first-order chi connectivity index (χ1) is 7.74. The number of anilines is 1. The van der Waals surface area contributed by atoms with Crippen LogP contribution in [-0.4, -0.2) is 18.1 Å². The van der Waals surface area contributed by atoms with Gasteiger partial charge in [0.15, 0.2) is 5.13 Å². The van der Waals surface area contributed by atoms with Gasteiger partial charge in [-0.05, 0) is 31.6 Å². The summed E-state index contributed by atoms with van der Waals surface area (Å²) in [4.78, 5) is 8.18. The third-order valence-electron chi connectivity index (χ3n) is 3.96. The summed E-state index contributed by atoms with van der Waals surface area (Å²) in [6.45, 7) is 4.46. The van der Waals surface area contributed by atoms with Crippen LogP contribution in [0.4, 0.5) is 5.13 Å². The summed E-state index contributed by atoms with van der Waals surface area (Å²) in [5.41, 5.74) is 5.87. The second-order valence-electron chi connectivity index (χ2n) is 5.19. The van der Waals surface area contributed by atoms with Crippen molar-refractivity contribution in [3.63, 3.8) is 0 Å². The molecule has 3 rings (SSSR count). The number of aromatic nitrogens is 1. The van der Waals surface area contributed by atoms with Gasteiger partial charge in [-0.3, -0.25) is 0 Å². The van der Waals surface area contributed by atoms with E-state index in [2.05, 4.69) is 9.88 Å². The van der Waals surface area contributed by atoms with Gasteiger partial charge in [0, 0.05) is 30.2 Å². The standard InChI is InChI=1S/C12H19N3S/c1-8(13)11-5-14-12(16-11)15-6-9-3-2-4-10(9)7-15/h5,8-10H,2-4,6-7,13H2,1H3. The van der Waals surface area contributed by atoms with E-state index in [-0.39, 0.29) is 6.04 Å². The van der Waals surface area contributed by atoms with Gasteiger partial charge in [0.05, 0.1) is 0 Å². The molecule has 2 aliphatic rings. The van der Waals surface area contributed by atoms with Crippen LogP contribution in [0.3, 0.4) is 0 Å². The fourth-order valence-corrected chi connectivity index (χ4v) is 3.91. The van der Waals surface area contributed by atoms with E-state index >= 15 is 0 Å². The van der Waals surface area contributed by atoms with E-state index in [0.29, 0.717) is 0 Å². The van der Waals surface area contributed by atoms with Gasteiger partial charge in [0.2, 0.25) is 0 Å². The van der Waals surface area contributed by atoms with Crippen LogP contribution in [-0.2, 0) is 0 Å². The molecule has 0 aromatic carbocycles. The van der Waals surface area contributed by atoms with Gasteiger partial charge in [0.1, 0.15) is 0 Å². The van der Waals surface area contributed by atoms with Gasteiger partial charge < -0.3 is 10.6 Å². The summed E-state index contributed by atoms with van der Waals surface area (Å²) < 4.78 is 0. The number of rotatable bonds is 2. The molecule has 88 valence electrons. The highest BCUT2D eigenvalue weighted by Gasteiger charge is 2.36. The maximum Gasteiger partial charge on any atom is 0.185 e. The van der Waals surface area contributed by atoms with E-state index < -0.39 is 0 Å². The Bertz CT molecular complexity index is 362. The quantitative estimate of drug-likeness (QED) is 0.859. The van der Waals surface area contributed by atoms with Crippen molar-refractivity contribution in [1.82, 2.24) is 4.98 Å². The molecule has 3 atom stereocenters. The van der Waals surface area contributed by atoms with E-state index in [1.807, 2.05) is 13.1 Å².